The van der Waals surface area contributed by atoms with Gasteiger partial charge in [0.2, 0.25) is 5.91 Å². The predicted octanol–water partition coefficient (Wildman–Crippen LogP) is 4.40. The van der Waals surface area contributed by atoms with Crippen LogP contribution in [-0.4, -0.2) is 37.3 Å². The van der Waals surface area contributed by atoms with Crippen LogP contribution < -0.4 is 10.6 Å². The van der Waals surface area contributed by atoms with E-state index >= 15 is 0 Å². The van der Waals surface area contributed by atoms with E-state index in [-0.39, 0.29) is 17.7 Å². The lowest BCUT2D eigenvalue weighted by Gasteiger charge is -2.18. The first-order chi connectivity index (χ1) is 16.6. The molecule has 0 spiro atoms. The highest BCUT2D eigenvalue weighted by Crippen LogP contribution is 2.36. The summed E-state index contributed by atoms with van der Waals surface area (Å²) in [7, 11) is 0. The summed E-state index contributed by atoms with van der Waals surface area (Å²) in [5, 5.41) is 10.8. The normalized spacial score (nSPS) is 23.0. The molecular weight excluding hydrogens is 496 g/mol. The molecule has 0 aromatic carbocycles. The maximum absolute atomic E-state index is 12.7. The van der Waals surface area contributed by atoms with Crippen molar-refractivity contribution in [2.24, 2.45) is 5.92 Å². The summed E-state index contributed by atoms with van der Waals surface area (Å²) in [4.78, 5) is 33.3. The van der Waals surface area contributed by atoms with Gasteiger partial charge in [0.1, 0.15) is 5.82 Å². The summed E-state index contributed by atoms with van der Waals surface area (Å²) in [5.41, 5.74) is 2.97. The van der Waals surface area contributed by atoms with Gasteiger partial charge in [-0.2, -0.15) is 9.61 Å². The fourth-order valence-corrected chi connectivity index (χ4v) is 5.49. The molecule has 3 aromatic rings. The van der Waals surface area contributed by atoms with Crippen LogP contribution in [0.3, 0.4) is 0 Å². The number of rotatable bonds is 7. The summed E-state index contributed by atoms with van der Waals surface area (Å²) < 4.78 is 2.70. The van der Waals surface area contributed by atoms with Crippen LogP contribution in [0.4, 0.5) is 5.82 Å². The average Bonchev–Trinajstić information content (AvgIpc) is 3.37. The van der Waals surface area contributed by atoms with E-state index in [9.17, 15) is 9.59 Å². The molecule has 0 radical (unpaired) electrons. The summed E-state index contributed by atoms with van der Waals surface area (Å²) in [6, 6.07) is 5.82. The fourth-order valence-electron chi connectivity index (χ4n) is 5.15. The number of carbonyl (C=O) groups is 2. The Morgan fingerprint density at radius 3 is 2.91 bits per heavy atom. The average molecular weight is 525 g/mol. The first kappa shape index (κ1) is 23.0. The molecule has 1 aliphatic carbocycles. The molecule has 2 fully saturated rings. The topological polar surface area (TPSA) is 101 Å². The first-order valence-corrected chi connectivity index (χ1v) is 12.8. The Balaban J connectivity index is 1.29. The van der Waals surface area contributed by atoms with Crippen LogP contribution in [-0.2, 0) is 16.1 Å². The minimum atomic E-state index is -0.275. The van der Waals surface area contributed by atoms with E-state index < -0.39 is 0 Å². The van der Waals surface area contributed by atoms with Crippen molar-refractivity contribution in [2.75, 3.05) is 5.32 Å². The Bertz CT molecular complexity index is 1180. The van der Waals surface area contributed by atoms with Gasteiger partial charge in [-0.3, -0.25) is 14.6 Å². The number of nitrogens with zero attached hydrogens (tertiary/aromatic N) is 4. The third kappa shape index (κ3) is 5.14. The Morgan fingerprint density at radius 1 is 1.21 bits per heavy atom. The Kier molecular flexibility index (Phi) is 6.89. The molecule has 178 valence electrons. The second-order valence-electron chi connectivity index (χ2n) is 9.41. The Hall–Kier alpha value is -2.81. The molecule has 1 saturated carbocycles. The molecule has 0 bridgehead atoms. The van der Waals surface area contributed by atoms with E-state index in [0.29, 0.717) is 37.6 Å². The largest absolute Gasteiger partial charge is 0.366 e. The molecule has 3 aromatic heterocycles. The zero-order valence-electron chi connectivity index (χ0n) is 19.0. The van der Waals surface area contributed by atoms with E-state index in [1.54, 1.807) is 12.4 Å². The van der Waals surface area contributed by atoms with Gasteiger partial charge in [-0.25, -0.2) is 4.98 Å². The van der Waals surface area contributed by atoms with Crippen LogP contribution in [0.5, 0.6) is 0 Å². The van der Waals surface area contributed by atoms with Gasteiger partial charge in [0, 0.05) is 49.5 Å². The van der Waals surface area contributed by atoms with Crippen LogP contribution in [0.15, 0.2) is 41.3 Å². The number of hydrogen-bond acceptors (Lipinski definition) is 6. The van der Waals surface area contributed by atoms with Gasteiger partial charge in [-0.15, -0.1) is 0 Å². The monoisotopic (exact) mass is 524 g/mol. The van der Waals surface area contributed by atoms with Crippen molar-refractivity contribution in [3.8, 4) is 0 Å². The summed E-state index contributed by atoms with van der Waals surface area (Å²) in [6.07, 6.45) is 12.3. The van der Waals surface area contributed by atoms with Crippen molar-refractivity contribution in [3.05, 3.63) is 52.5 Å². The smallest absolute Gasteiger partial charge is 0.220 e. The molecule has 2 aliphatic rings. The van der Waals surface area contributed by atoms with Gasteiger partial charge in [0.05, 0.1) is 16.7 Å². The number of halogens is 1. The molecule has 3 atom stereocenters. The number of pyridine rings is 1. The summed E-state index contributed by atoms with van der Waals surface area (Å²) in [5.74, 6) is 1.82. The lowest BCUT2D eigenvalue weighted by atomic mass is 9.90. The maximum atomic E-state index is 12.7. The molecule has 2 N–H and O–H groups in total. The Morgan fingerprint density at radius 2 is 2.12 bits per heavy atom. The molecule has 8 nitrogen and oxygen atoms in total. The quantitative estimate of drug-likeness (QED) is 0.444. The minimum Gasteiger partial charge on any atom is -0.366 e. The number of ketones is 1. The molecule has 4 heterocycles. The van der Waals surface area contributed by atoms with Crippen molar-refractivity contribution in [1.29, 1.82) is 0 Å². The summed E-state index contributed by atoms with van der Waals surface area (Å²) >= 11 is 3.59. The van der Waals surface area contributed by atoms with Gasteiger partial charge in [0.25, 0.3) is 0 Å². The number of nitrogens with one attached hydrogen (secondary N) is 2. The van der Waals surface area contributed by atoms with Crippen LogP contribution in [0, 0.1) is 5.92 Å². The fraction of sp³-hybridized carbons (Fsp3) is 0.480. The van der Waals surface area contributed by atoms with E-state index in [1.807, 2.05) is 22.8 Å². The number of carbonyl (C=O) groups excluding carboxylic acids is 2. The van der Waals surface area contributed by atoms with E-state index in [4.69, 9.17) is 4.98 Å². The second-order valence-corrected chi connectivity index (χ2v) is 10.3. The van der Waals surface area contributed by atoms with Crippen LogP contribution in [0.1, 0.15) is 68.5 Å². The number of hydrogen-bond donors (Lipinski definition) is 2. The first-order valence-electron chi connectivity index (χ1n) is 12.1. The number of anilines is 1. The van der Waals surface area contributed by atoms with Gasteiger partial charge in [0.15, 0.2) is 11.4 Å². The molecule has 34 heavy (non-hydrogen) atoms. The highest BCUT2D eigenvalue weighted by Gasteiger charge is 2.30. The third-order valence-corrected chi connectivity index (χ3v) is 7.58. The zero-order valence-corrected chi connectivity index (χ0v) is 20.6. The Labute approximate surface area is 207 Å². The lowest BCUT2D eigenvalue weighted by Crippen LogP contribution is -2.34. The van der Waals surface area contributed by atoms with Crippen molar-refractivity contribution in [3.63, 3.8) is 0 Å². The van der Waals surface area contributed by atoms with Crippen molar-refractivity contribution in [1.82, 2.24) is 24.9 Å². The molecular formula is C25H29BrN6O2. The molecule has 5 rings (SSSR count). The number of aromatic nitrogens is 4. The van der Waals surface area contributed by atoms with Gasteiger partial charge in [-0.1, -0.05) is 12.5 Å². The molecule has 1 amide bonds. The van der Waals surface area contributed by atoms with E-state index in [0.717, 1.165) is 59.3 Å². The van der Waals surface area contributed by atoms with Gasteiger partial charge < -0.3 is 10.6 Å². The SMILES string of the molecule is O=C1CCC(C(=O)CC2CCCC(c3cc(NCc4cccnc4)n4ncc(Br)c4n3)CC2)N1. The molecule has 1 aliphatic heterocycles. The van der Waals surface area contributed by atoms with E-state index in [2.05, 4.69) is 42.7 Å². The van der Waals surface area contributed by atoms with Gasteiger partial charge >= 0.3 is 0 Å². The third-order valence-electron chi connectivity index (χ3n) is 7.03. The molecule has 3 unspecified atom stereocenters. The molecule has 1 saturated heterocycles. The second kappa shape index (κ2) is 10.2. The number of fused-ring (bicyclic) bond motifs is 1. The molecule has 9 heteroatoms. The lowest BCUT2D eigenvalue weighted by molar-refractivity contribution is -0.125. The van der Waals surface area contributed by atoms with Crippen molar-refractivity contribution in [2.45, 2.75) is 69.9 Å². The van der Waals surface area contributed by atoms with E-state index in [1.165, 1.54) is 0 Å². The standard InChI is InChI=1S/C25H29BrN6O2/c26-19-15-29-32-23(28-14-17-4-2-10-27-13-17)12-21(31-25(19)32)18-5-1-3-16(6-7-18)11-22(33)20-8-9-24(34)30-20/h2,4,10,12-13,15-16,18,20,28H,1,3,5-9,11,14H2,(H,30,34). The minimum absolute atomic E-state index is 0.000259. The number of Topliss-reactive ketones (excluding diaryl/α,β-unsaturated/α-hetero) is 1. The highest BCUT2D eigenvalue weighted by molar-refractivity contribution is 9.10. The van der Waals surface area contributed by atoms with Crippen LogP contribution in [0.2, 0.25) is 0 Å². The van der Waals surface area contributed by atoms with Crippen molar-refractivity contribution >= 4 is 39.1 Å². The van der Waals surface area contributed by atoms with Crippen LogP contribution in [0.25, 0.3) is 5.65 Å². The van der Waals surface area contributed by atoms with Crippen molar-refractivity contribution < 1.29 is 9.59 Å². The summed E-state index contributed by atoms with van der Waals surface area (Å²) in [6.45, 7) is 0.649. The number of amides is 1. The highest BCUT2D eigenvalue weighted by atomic mass is 79.9. The maximum Gasteiger partial charge on any atom is 0.220 e. The van der Waals surface area contributed by atoms with Crippen LogP contribution >= 0.6 is 15.9 Å². The zero-order chi connectivity index (χ0) is 23.5. The predicted molar refractivity (Wildman–Crippen MR) is 132 cm³/mol. The van der Waals surface area contributed by atoms with Gasteiger partial charge in [-0.05, 0) is 65.6 Å².